The Morgan fingerprint density at radius 3 is 2.72 bits per heavy atom. The third kappa shape index (κ3) is 4.27. The van der Waals surface area contributed by atoms with Gasteiger partial charge in [0.25, 0.3) is 0 Å². The van der Waals surface area contributed by atoms with Crippen LogP contribution < -0.4 is 10.1 Å². The molecule has 0 saturated heterocycles. The summed E-state index contributed by atoms with van der Waals surface area (Å²) in [5.41, 5.74) is 1.29. The van der Waals surface area contributed by atoms with Crippen LogP contribution >= 0.6 is 0 Å². The van der Waals surface area contributed by atoms with Crippen LogP contribution in [0.1, 0.15) is 37.2 Å². The van der Waals surface area contributed by atoms with Crippen molar-refractivity contribution in [2.75, 3.05) is 33.4 Å². The van der Waals surface area contributed by atoms with E-state index in [0.29, 0.717) is 24.5 Å². The number of fused-ring (bicyclic) bond motifs is 3. The molecule has 8 heteroatoms. The number of aliphatic hydroxyl groups excluding tert-OH is 2. The Kier molecular flexibility index (Phi) is 7.13. The van der Waals surface area contributed by atoms with Gasteiger partial charge in [0, 0.05) is 37.3 Å². The molecule has 174 valence electrons. The summed E-state index contributed by atoms with van der Waals surface area (Å²) in [4.78, 5) is 28.1. The van der Waals surface area contributed by atoms with E-state index in [1.165, 1.54) is 0 Å². The van der Waals surface area contributed by atoms with E-state index in [4.69, 9.17) is 14.6 Å². The number of rotatable bonds is 8. The number of carbonyl (C=O) groups excluding carboxylic acids is 2. The molecule has 0 unspecified atom stereocenters. The number of ether oxygens (including phenoxy) is 2. The zero-order valence-corrected chi connectivity index (χ0v) is 18.4. The Bertz CT molecular complexity index is 866. The number of benzene rings is 1. The average molecular weight is 445 g/mol. The summed E-state index contributed by atoms with van der Waals surface area (Å²) >= 11 is 0. The van der Waals surface area contributed by atoms with Crippen molar-refractivity contribution in [2.45, 2.75) is 49.9 Å². The molecule has 0 radical (unpaired) electrons. The molecule has 1 heterocycles. The summed E-state index contributed by atoms with van der Waals surface area (Å²) in [7, 11) is 1.58. The van der Waals surface area contributed by atoms with E-state index >= 15 is 0 Å². The highest BCUT2D eigenvalue weighted by Gasteiger charge is 2.50. The molecule has 32 heavy (non-hydrogen) atoms. The van der Waals surface area contributed by atoms with Gasteiger partial charge in [0.15, 0.2) is 0 Å². The number of nitrogens with one attached hydrogen (secondary N) is 1. The van der Waals surface area contributed by atoms with Crippen LogP contribution in [0.15, 0.2) is 35.9 Å². The van der Waals surface area contributed by atoms with Crippen molar-refractivity contribution >= 4 is 11.8 Å². The monoisotopic (exact) mass is 444 g/mol. The zero-order valence-electron chi connectivity index (χ0n) is 18.4. The van der Waals surface area contributed by atoms with Gasteiger partial charge in [-0.05, 0) is 25.0 Å². The van der Waals surface area contributed by atoms with Crippen molar-refractivity contribution in [3.8, 4) is 5.75 Å². The molecule has 2 aliphatic carbocycles. The van der Waals surface area contributed by atoms with Gasteiger partial charge in [-0.2, -0.15) is 0 Å². The lowest BCUT2D eigenvalue weighted by atomic mass is 9.77. The summed E-state index contributed by atoms with van der Waals surface area (Å²) in [6, 6.07) is 6.74. The summed E-state index contributed by atoms with van der Waals surface area (Å²) in [6.07, 6.45) is 3.76. The first kappa shape index (κ1) is 22.8. The van der Waals surface area contributed by atoms with Crippen LogP contribution in [0.2, 0.25) is 0 Å². The fourth-order valence-electron chi connectivity index (χ4n) is 5.19. The molecule has 0 spiro atoms. The second kappa shape index (κ2) is 10.0. The number of carbonyl (C=O) groups is 2. The Morgan fingerprint density at radius 1 is 1.25 bits per heavy atom. The van der Waals surface area contributed by atoms with E-state index in [-0.39, 0.29) is 30.9 Å². The zero-order chi connectivity index (χ0) is 22.7. The Balaban J connectivity index is 1.71. The van der Waals surface area contributed by atoms with Crippen molar-refractivity contribution in [1.82, 2.24) is 10.2 Å². The van der Waals surface area contributed by atoms with Gasteiger partial charge < -0.3 is 29.9 Å². The first-order chi connectivity index (χ1) is 15.6. The fraction of sp³-hybridized carbons (Fsp3) is 0.583. The van der Waals surface area contributed by atoms with Gasteiger partial charge in [-0.3, -0.25) is 9.59 Å². The highest BCUT2D eigenvalue weighted by atomic mass is 16.5. The molecule has 4 rings (SSSR count). The van der Waals surface area contributed by atoms with Gasteiger partial charge in [0.2, 0.25) is 11.8 Å². The second-order valence-corrected chi connectivity index (χ2v) is 8.69. The molecular weight excluding hydrogens is 412 g/mol. The molecule has 0 bridgehead atoms. The standard InChI is InChI=1S/C24H32N2O6/c1-31-13-11-26(24(30)15-6-2-3-7-15)18-14-17(23(29)25-10-12-27)20-16-8-4-5-9-19(16)32-22(20)21(18)28/h4-5,8-9,14-15,18,20-22,27-28H,2-3,6-7,10-13H2,1H3,(H,25,29)/t18-,20+,21+,22+/m1/s1. The van der Waals surface area contributed by atoms with Gasteiger partial charge in [-0.15, -0.1) is 0 Å². The van der Waals surface area contributed by atoms with Crippen LogP contribution in [-0.2, 0) is 14.3 Å². The van der Waals surface area contributed by atoms with Crippen molar-refractivity contribution in [3.63, 3.8) is 0 Å². The molecule has 2 amide bonds. The van der Waals surface area contributed by atoms with E-state index in [9.17, 15) is 14.7 Å². The van der Waals surface area contributed by atoms with Crippen molar-refractivity contribution in [2.24, 2.45) is 5.92 Å². The lowest BCUT2D eigenvalue weighted by Crippen LogP contribution is -2.57. The first-order valence-corrected chi connectivity index (χ1v) is 11.4. The minimum absolute atomic E-state index is 0.0103. The SMILES string of the molecule is COCCN(C(=O)C1CCCC1)[C@@H]1C=C(C(=O)NCCO)[C@@H]2c3ccccc3O[C@@H]2[C@H]1O. The molecule has 3 aliphatic rings. The first-order valence-electron chi connectivity index (χ1n) is 11.4. The highest BCUT2D eigenvalue weighted by Crippen LogP contribution is 2.47. The molecule has 1 fully saturated rings. The number of amides is 2. The number of methoxy groups -OCH3 is 1. The number of hydrogen-bond donors (Lipinski definition) is 3. The van der Waals surface area contributed by atoms with Gasteiger partial charge in [-0.1, -0.05) is 31.0 Å². The van der Waals surface area contributed by atoms with E-state index in [2.05, 4.69) is 5.32 Å². The maximum atomic E-state index is 13.4. The number of hydrogen-bond acceptors (Lipinski definition) is 6. The smallest absolute Gasteiger partial charge is 0.247 e. The average Bonchev–Trinajstić information content (AvgIpc) is 3.47. The quantitative estimate of drug-likeness (QED) is 0.552. The van der Waals surface area contributed by atoms with Gasteiger partial charge in [-0.25, -0.2) is 0 Å². The predicted molar refractivity (Wildman–Crippen MR) is 117 cm³/mol. The molecular formula is C24H32N2O6. The summed E-state index contributed by atoms with van der Waals surface area (Å²) < 4.78 is 11.4. The minimum Gasteiger partial charge on any atom is -0.486 e. The third-order valence-electron chi connectivity index (χ3n) is 6.76. The van der Waals surface area contributed by atoms with Crippen LogP contribution in [-0.4, -0.2) is 78.6 Å². The van der Waals surface area contributed by atoms with Crippen LogP contribution in [0, 0.1) is 5.92 Å². The van der Waals surface area contributed by atoms with Crippen LogP contribution in [0.5, 0.6) is 5.75 Å². The molecule has 0 aromatic heterocycles. The van der Waals surface area contributed by atoms with E-state index in [1.807, 2.05) is 24.3 Å². The molecule has 4 atom stereocenters. The summed E-state index contributed by atoms with van der Waals surface area (Å²) in [5, 5.41) is 23.3. The van der Waals surface area contributed by atoms with Gasteiger partial charge in [0.1, 0.15) is 18.0 Å². The van der Waals surface area contributed by atoms with E-state index in [0.717, 1.165) is 31.2 Å². The lowest BCUT2D eigenvalue weighted by molar-refractivity contribution is -0.142. The number of aliphatic hydroxyl groups is 2. The van der Waals surface area contributed by atoms with Crippen LogP contribution in [0.3, 0.4) is 0 Å². The topological polar surface area (TPSA) is 108 Å². The van der Waals surface area contributed by atoms with Crippen molar-refractivity contribution in [3.05, 3.63) is 41.5 Å². The lowest BCUT2D eigenvalue weighted by Gasteiger charge is -2.41. The molecule has 3 N–H and O–H groups in total. The van der Waals surface area contributed by atoms with Crippen molar-refractivity contribution < 1.29 is 29.3 Å². The molecule has 1 saturated carbocycles. The highest BCUT2D eigenvalue weighted by molar-refractivity contribution is 5.96. The number of nitrogens with zero attached hydrogens (tertiary/aromatic N) is 1. The molecule has 8 nitrogen and oxygen atoms in total. The van der Waals surface area contributed by atoms with Gasteiger partial charge >= 0.3 is 0 Å². The Hall–Kier alpha value is -2.42. The van der Waals surface area contributed by atoms with Crippen LogP contribution in [0.25, 0.3) is 0 Å². The number of para-hydroxylation sites is 1. The fourth-order valence-corrected chi connectivity index (χ4v) is 5.19. The molecule has 1 aromatic rings. The molecule has 1 aliphatic heterocycles. The van der Waals surface area contributed by atoms with E-state index < -0.39 is 24.2 Å². The molecule has 1 aromatic carbocycles. The third-order valence-corrected chi connectivity index (χ3v) is 6.76. The second-order valence-electron chi connectivity index (χ2n) is 8.69. The van der Waals surface area contributed by atoms with Crippen molar-refractivity contribution in [1.29, 1.82) is 0 Å². The van der Waals surface area contributed by atoms with Gasteiger partial charge in [0.05, 0.1) is 25.2 Å². The normalized spacial score (nSPS) is 26.7. The largest absolute Gasteiger partial charge is 0.486 e. The minimum atomic E-state index is -0.996. The maximum Gasteiger partial charge on any atom is 0.247 e. The maximum absolute atomic E-state index is 13.4. The van der Waals surface area contributed by atoms with E-state index in [1.54, 1.807) is 18.1 Å². The Morgan fingerprint density at radius 2 is 2.00 bits per heavy atom. The predicted octanol–water partition coefficient (Wildman–Crippen LogP) is 0.974. The summed E-state index contributed by atoms with van der Waals surface area (Å²) in [5.74, 6) is -0.218. The van der Waals surface area contributed by atoms with Crippen LogP contribution in [0.4, 0.5) is 0 Å². The summed E-state index contributed by atoms with van der Waals surface area (Å²) in [6.45, 7) is 0.598. The Labute approximate surface area is 188 Å².